The minimum atomic E-state index is -2.55. The van der Waals surface area contributed by atoms with Crippen molar-refractivity contribution in [3.8, 4) is 0 Å². The number of hydrogen-bond acceptors (Lipinski definition) is 3. The Morgan fingerprint density at radius 2 is 1.42 bits per heavy atom. The van der Waals surface area contributed by atoms with Crippen molar-refractivity contribution < 1.29 is 9.53 Å². The van der Waals surface area contributed by atoms with Gasteiger partial charge in [-0.15, -0.1) is 6.58 Å². The Balaban J connectivity index is 1.73. The second kappa shape index (κ2) is 13.5. The van der Waals surface area contributed by atoms with Crippen molar-refractivity contribution in [2.24, 2.45) is 0 Å². The van der Waals surface area contributed by atoms with Gasteiger partial charge in [0.2, 0.25) is 0 Å². The molecule has 3 aromatic carbocycles. The van der Waals surface area contributed by atoms with E-state index in [1.165, 1.54) is 10.4 Å². The van der Waals surface area contributed by atoms with Crippen LogP contribution in [0.1, 0.15) is 39.2 Å². The van der Waals surface area contributed by atoms with Crippen LogP contribution in [0.3, 0.4) is 0 Å². The van der Waals surface area contributed by atoms with E-state index in [0.29, 0.717) is 19.6 Å². The molecule has 0 unspecified atom stereocenters. The van der Waals surface area contributed by atoms with E-state index in [4.69, 9.17) is 4.43 Å². The minimum Gasteiger partial charge on any atom is -0.407 e. The van der Waals surface area contributed by atoms with Crippen molar-refractivity contribution >= 4 is 24.8 Å². The van der Waals surface area contributed by atoms with Crippen molar-refractivity contribution in [2.45, 2.75) is 50.8 Å². The van der Waals surface area contributed by atoms with Crippen LogP contribution in [0.15, 0.2) is 110 Å². The molecule has 36 heavy (non-hydrogen) atoms. The van der Waals surface area contributed by atoms with Crippen LogP contribution < -0.4 is 15.7 Å². The SMILES string of the molecule is C=CCN[C@@H](/C=C/c1ccccc1)[C@H](O)CCCO[Si](c1ccccc1)(c1ccccc1)C(C)(C)C. The molecule has 2 atom stereocenters. The molecule has 190 valence electrons. The van der Waals surface area contributed by atoms with Crippen LogP contribution in [0.2, 0.25) is 5.04 Å². The molecule has 0 amide bonds. The molecule has 0 saturated carbocycles. The van der Waals surface area contributed by atoms with Gasteiger partial charge in [-0.2, -0.15) is 0 Å². The number of aliphatic hydroxyl groups is 1. The second-order valence-corrected chi connectivity index (χ2v) is 14.5. The average Bonchev–Trinajstić information content (AvgIpc) is 2.89. The molecule has 0 aromatic heterocycles. The summed E-state index contributed by atoms with van der Waals surface area (Å²) in [6, 6.07) is 31.4. The van der Waals surface area contributed by atoms with Crippen LogP contribution >= 0.6 is 0 Å². The van der Waals surface area contributed by atoms with Gasteiger partial charge in [0.15, 0.2) is 0 Å². The Morgan fingerprint density at radius 3 is 1.92 bits per heavy atom. The highest BCUT2D eigenvalue weighted by molar-refractivity contribution is 6.99. The predicted molar refractivity (Wildman–Crippen MR) is 156 cm³/mol. The van der Waals surface area contributed by atoms with E-state index in [2.05, 4.69) is 112 Å². The minimum absolute atomic E-state index is 0.0548. The highest BCUT2D eigenvalue weighted by Crippen LogP contribution is 2.36. The lowest BCUT2D eigenvalue weighted by atomic mass is 10.0. The van der Waals surface area contributed by atoms with E-state index < -0.39 is 14.4 Å². The standard InChI is InChI=1S/C32H41NO2Si/c1-5-25-33-30(24-23-27-16-9-6-10-17-27)31(34)22-15-26-35-36(32(2,3)4,28-18-11-7-12-19-28)29-20-13-8-14-21-29/h5-14,16-21,23-24,30-31,33-34H,1,15,22,25-26H2,2-4H3/b24-23+/t30-,31+/m0/s1. The molecule has 3 aromatic rings. The molecule has 0 radical (unpaired) electrons. The Kier molecular flexibility index (Phi) is 10.4. The molecule has 4 heteroatoms. The topological polar surface area (TPSA) is 41.5 Å². The molecule has 0 saturated heterocycles. The van der Waals surface area contributed by atoms with Crippen LogP contribution in [-0.2, 0) is 4.43 Å². The lowest BCUT2D eigenvalue weighted by Crippen LogP contribution is -2.66. The Bertz CT molecular complexity index is 1020. The highest BCUT2D eigenvalue weighted by atomic mass is 28.4. The third kappa shape index (κ3) is 7.14. The number of benzene rings is 3. The lowest BCUT2D eigenvalue weighted by molar-refractivity contribution is 0.127. The fourth-order valence-electron chi connectivity index (χ4n) is 4.79. The summed E-state index contributed by atoms with van der Waals surface area (Å²) in [5, 5.41) is 16.9. The van der Waals surface area contributed by atoms with Crippen molar-refractivity contribution in [2.75, 3.05) is 13.2 Å². The van der Waals surface area contributed by atoms with Gasteiger partial charge >= 0.3 is 0 Å². The summed E-state index contributed by atoms with van der Waals surface area (Å²) in [4.78, 5) is 0. The highest BCUT2D eigenvalue weighted by Gasteiger charge is 2.49. The summed E-state index contributed by atoms with van der Waals surface area (Å²) in [5.41, 5.74) is 1.12. The largest absolute Gasteiger partial charge is 0.407 e. The third-order valence-corrected chi connectivity index (χ3v) is 11.6. The van der Waals surface area contributed by atoms with E-state index >= 15 is 0 Å². The summed E-state index contributed by atoms with van der Waals surface area (Å²) in [6.07, 6.45) is 6.83. The molecule has 0 fully saturated rings. The molecule has 3 nitrogen and oxygen atoms in total. The van der Waals surface area contributed by atoms with Gasteiger partial charge in [0.25, 0.3) is 8.32 Å². The molecule has 0 aliphatic heterocycles. The van der Waals surface area contributed by atoms with Gasteiger partial charge in [-0.1, -0.05) is 130 Å². The first-order valence-electron chi connectivity index (χ1n) is 12.9. The first-order chi connectivity index (χ1) is 17.4. The van der Waals surface area contributed by atoms with Gasteiger partial charge < -0.3 is 14.8 Å². The quantitative estimate of drug-likeness (QED) is 0.184. The van der Waals surface area contributed by atoms with Gasteiger partial charge in [0, 0.05) is 13.2 Å². The first kappa shape index (κ1) is 27.8. The number of aliphatic hydroxyl groups excluding tert-OH is 1. The van der Waals surface area contributed by atoms with E-state index in [1.54, 1.807) is 0 Å². The molecule has 2 N–H and O–H groups in total. The third-order valence-electron chi connectivity index (χ3n) is 6.59. The van der Waals surface area contributed by atoms with Crippen molar-refractivity contribution in [1.82, 2.24) is 5.32 Å². The van der Waals surface area contributed by atoms with Crippen LogP contribution in [0.25, 0.3) is 6.08 Å². The summed E-state index contributed by atoms with van der Waals surface area (Å²) in [5.74, 6) is 0. The van der Waals surface area contributed by atoms with E-state index in [-0.39, 0.29) is 11.1 Å². The Hall–Kier alpha value is -2.76. The first-order valence-corrected chi connectivity index (χ1v) is 14.8. The van der Waals surface area contributed by atoms with Gasteiger partial charge in [-0.3, -0.25) is 0 Å². The van der Waals surface area contributed by atoms with Gasteiger partial charge in [-0.05, 0) is 33.8 Å². The number of nitrogens with one attached hydrogen (secondary N) is 1. The smallest absolute Gasteiger partial charge is 0.261 e. The fraction of sp³-hybridized carbons (Fsp3) is 0.312. The van der Waals surface area contributed by atoms with Crippen molar-refractivity contribution in [1.29, 1.82) is 0 Å². The van der Waals surface area contributed by atoms with E-state index in [9.17, 15) is 5.11 Å². The fourth-order valence-corrected chi connectivity index (χ4v) is 9.40. The number of hydrogen-bond donors (Lipinski definition) is 2. The normalized spacial score (nSPS) is 14.0. The Labute approximate surface area is 218 Å². The summed E-state index contributed by atoms with van der Waals surface area (Å²) in [7, 11) is -2.55. The zero-order chi connectivity index (χ0) is 25.9. The van der Waals surface area contributed by atoms with Gasteiger partial charge in [-0.25, -0.2) is 0 Å². The molecule has 0 bridgehead atoms. The maximum absolute atomic E-state index is 11.0. The van der Waals surface area contributed by atoms with Gasteiger partial charge in [0.05, 0.1) is 12.1 Å². The number of rotatable bonds is 13. The Morgan fingerprint density at radius 1 is 0.889 bits per heavy atom. The van der Waals surface area contributed by atoms with Crippen molar-refractivity contribution in [3.05, 3.63) is 115 Å². The van der Waals surface area contributed by atoms with E-state index in [1.807, 2.05) is 30.4 Å². The second-order valence-electron chi connectivity index (χ2n) is 10.2. The molecule has 0 heterocycles. The molecular weight excluding hydrogens is 458 g/mol. The van der Waals surface area contributed by atoms with Crippen LogP contribution in [0, 0.1) is 0 Å². The molecule has 3 rings (SSSR count). The monoisotopic (exact) mass is 499 g/mol. The van der Waals surface area contributed by atoms with Crippen LogP contribution in [0.4, 0.5) is 0 Å². The average molecular weight is 500 g/mol. The zero-order valence-electron chi connectivity index (χ0n) is 21.9. The van der Waals surface area contributed by atoms with Crippen molar-refractivity contribution in [3.63, 3.8) is 0 Å². The van der Waals surface area contributed by atoms with Crippen LogP contribution in [-0.4, -0.2) is 38.7 Å². The maximum Gasteiger partial charge on any atom is 0.261 e. The van der Waals surface area contributed by atoms with Crippen LogP contribution in [0.5, 0.6) is 0 Å². The van der Waals surface area contributed by atoms with E-state index in [0.717, 1.165) is 12.0 Å². The molecule has 0 aliphatic rings. The summed E-state index contributed by atoms with van der Waals surface area (Å²) in [6.45, 7) is 11.9. The summed E-state index contributed by atoms with van der Waals surface area (Å²) >= 11 is 0. The summed E-state index contributed by atoms with van der Waals surface area (Å²) < 4.78 is 6.98. The molecule has 0 spiro atoms. The zero-order valence-corrected chi connectivity index (χ0v) is 22.9. The molecule has 0 aliphatic carbocycles. The molecular formula is C32H41NO2Si. The van der Waals surface area contributed by atoms with Gasteiger partial charge in [0.1, 0.15) is 0 Å². The maximum atomic E-state index is 11.0. The predicted octanol–water partition coefficient (Wildman–Crippen LogP) is 5.56. The lowest BCUT2D eigenvalue weighted by Gasteiger charge is -2.43.